The number of carbonyl (C=O) groups is 1. The van der Waals surface area contributed by atoms with Gasteiger partial charge in [0.2, 0.25) is 5.91 Å². The van der Waals surface area contributed by atoms with Crippen molar-refractivity contribution < 1.29 is 4.79 Å². The molecule has 0 saturated heterocycles. The third-order valence-electron chi connectivity index (χ3n) is 3.02. The third-order valence-corrected chi connectivity index (χ3v) is 3.02. The first-order chi connectivity index (χ1) is 9.25. The van der Waals surface area contributed by atoms with E-state index in [9.17, 15) is 4.79 Å². The van der Waals surface area contributed by atoms with Gasteiger partial charge in [-0.05, 0) is 17.5 Å². The summed E-state index contributed by atoms with van der Waals surface area (Å²) in [7, 11) is 0. The number of nitrogens with one attached hydrogen (secondary N) is 1. The van der Waals surface area contributed by atoms with Gasteiger partial charge >= 0.3 is 0 Å². The van der Waals surface area contributed by atoms with Crippen LogP contribution >= 0.6 is 0 Å². The van der Waals surface area contributed by atoms with Gasteiger partial charge in [-0.15, -0.1) is 0 Å². The first-order valence-electron chi connectivity index (χ1n) is 6.36. The van der Waals surface area contributed by atoms with Crippen LogP contribution in [0.4, 0.5) is 0 Å². The Morgan fingerprint density at radius 1 is 0.947 bits per heavy atom. The van der Waals surface area contributed by atoms with Crippen LogP contribution < -0.4 is 11.1 Å². The van der Waals surface area contributed by atoms with E-state index >= 15 is 0 Å². The summed E-state index contributed by atoms with van der Waals surface area (Å²) in [5.41, 5.74) is 7.69. The number of carbonyl (C=O) groups excluding carboxylic acids is 1. The quantitative estimate of drug-likeness (QED) is 0.827. The SMILES string of the molecule is NC(=O)C(Cc1ccccc1)NCc1ccccc1. The number of hydrogen-bond donors (Lipinski definition) is 2. The molecule has 0 radical (unpaired) electrons. The Hall–Kier alpha value is -2.13. The lowest BCUT2D eigenvalue weighted by atomic mass is 10.1. The fraction of sp³-hybridized carbons (Fsp3) is 0.188. The lowest BCUT2D eigenvalue weighted by Gasteiger charge is -2.15. The van der Waals surface area contributed by atoms with Gasteiger partial charge in [-0.3, -0.25) is 4.79 Å². The molecule has 98 valence electrons. The Balaban J connectivity index is 1.95. The first-order valence-corrected chi connectivity index (χ1v) is 6.36. The average molecular weight is 254 g/mol. The summed E-state index contributed by atoms with van der Waals surface area (Å²) in [5, 5.41) is 3.21. The van der Waals surface area contributed by atoms with Crippen LogP contribution in [0.5, 0.6) is 0 Å². The monoisotopic (exact) mass is 254 g/mol. The fourth-order valence-electron chi connectivity index (χ4n) is 1.96. The molecule has 3 nitrogen and oxygen atoms in total. The van der Waals surface area contributed by atoms with Gasteiger partial charge < -0.3 is 11.1 Å². The Kier molecular flexibility index (Phi) is 4.70. The van der Waals surface area contributed by atoms with Crippen LogP contribution in [0.15, 0.2) is 60.7 Å². The lowest BCUT2D eigenvalue weighted by molar-refractivity contribution is -0.120. The Bertz CT molecular complexity index is 511. The van der Waals surface area contributed by atoms with Crippen molar-refractivity contribution in [1.29, 1.82) is 0 Å². The maximum atomic E-state index is 11.5. The van der Waals surface area contributed by atoms with E-state index in [2.05, 4.69) is 5.32 Å². The summed E-state index contributed by atoms with van der Waals surface area (Å²) in [6.45, 7) is 0.640. The van der Waals surface area contributed by atoms with E-state index in [0.29, 0.717) is 13.0 Å². The smallest absolute Gasteiger partial charge is 0.234 e. The van der Waals surface area contributed by atoms with E-state index in [1.54, 1.807) is 0 Å². The molecule has 0 aliphatic heterocycles. The molecule has 3 N–H and O–H groups in total. The van der Waals surface area contributed by atoms with Crippen molar-refractivity contribution in [1.82, 2.24) is 5.32 Å². The third kappa shape index (κ3) is 4.23. The van der Waals surface area contributed by atoms with Crippen molar-refractivity contribution in [3.63, 3.8) is 0 Å². The van der Waals surface area contributed by atoms with Gasteiger partial charge in [-0.2, -0.15) is 0 Å². The van der Waals surface area contributed by atoms with Crippen molar-refractivity contribution in [2.24, 2.45) is 5.73 Å². The second-order valence-electron chi connectivity index (χ2n) is 4.51. The molecular weight excluding hydrogens is 236 g/mol. The van der Waals surface area contributed by atoms with Gasteiger partial charge in [-0.25, -0.2) is 0 Å². The van der Waals surface area contributed by atoms with E-state index in [0.717, 1.165) is 11.1 Å². The van der Waals surface area contributed by atoms with Crippen molar-refractivity contribution >= 4 is 5.91 Å². The predicted octanol–water partition coefficient (Wildman–Crippen LogP) is 1.87. The molecule has 0 aromatic heterocycles. The number of benzene rings is 2. The average Bonchev–Trinajstić information content (AvgIpc) is 2.45. The topological polar surface area (TPSA) is 55.1 Å². The first kappa shape index (κ1) is 13.3. The molecule has 1 amide bonds. The maximum Gasteiger partial charge on any atom is 0.234 e. The zero-order valence-corrected chi connectivity index (χ0v) is 10.8. The van der Waals surface area contributed by atoms with E-state index in [-0.39, 0.29) is 11.9 Å². The summed E-state index contributed by atoms with van der Waals surface area (Å²) < 4.78 is 0. The highest BCUT2D eigenvalue weighted by atomic mass is 16.1. The van der Waals surface area contributed by atoms with Gasteiger partial charge in [0.1, 0.15) is 0 Å². The summed E-state index contributed by atoms with van der Waals surface area (Å²) in [4.78, 5) is 11.5. The van der Waals surface area contributed by atoms with Crippen LogP contribution in [-0.4, -0.2) is 11.9 Å². The molecule has 0 heterocycles. The molecule has 3 heteroatoms. The molecule has 0 saturated carbocycles. The van der Waals surface area contributed by atoms with Crippen molar-refractivity contribution in [3.8, 4) is 0 Å². The summed E-state index contributed by atoms with van der Waals surface area (Å²) in [5.74, 6) is -0.320. The minimum absolute atomic E-state index is 0.320. The van der Waals surface area contributed by atoms with Crippen LogP contribution in [0, 0.1) is 0 Å². The van der Waals surface area contributed by atoms with E-state index < -0.39 is 0 Å². The molecule has 1 unspecified atom stereocenters. The number of hydrogen-bond acceptors (Lipinski definition) is 2. The number of amides is 1. The second kappa shape index (κ2) is 6.71. The van der Waals surface area contributed by atoms with Crippen LogP contribution in [0.2, 0.25) is 0 Å². The van der Waals surface area contributed by atoms with E-state index in [1.807, 2.05) is 60.7 Å². The zero-order chi connectivity index (χ0) is 13.5. The van der Waals surface area contributed by atoms with Gasteiger partial charge in [0, 0.05) is 6.54 Å². The second-order valence-corrected chi connectivity index (χ2v) is 4.51. The fourth-order valence-corrected chi connectivity index (χ4v) is 1.96. The molecule has 2 aromatic carbocycles. The Morgan fingerprint density at radius 2 is 1.47 bits per heavy atom. The molecule has 2 rings (SSSR count). The molecule has 0 aliphatic carbocycles. The Morgan fingerprint density at radius 3 is 2.00 bits per heavy atom. The summed E-state index contributed by atoms with van der Waals surface area (Å²) in [6, 6.07) is 19.5. The van der Waals surface area contributed by atoms with Gasteiger partial charge in [0.05, 0.1) is 6.04 Å². The minimum Gasteiger partial charge on any atom is -0.368 e. The Labute approximate surface area is 113 Å². The molecule has 0 fully saturated rings. The number of primary amides is 1. The molecule has 1 atom stereocenters. The van der Waals surface area contributed by atoms with Crippen LogP contribution in [-0.2, 0) is 17.8 Å². The van der Waals surface area contributed by atoms with Crippen LogP contribution in [0.1, 0.15) is 11.1 Å². The largest absolute Gasteiger partial charge is 0.368 e. The van der Waals surface area contributed by atoms with Crippen LogP contribution in [0.25, 0.3) is 0 Å². The number of rotatable bonds is 6. The highest BCUT2D eigenvalue weighted by Gasteiger charge is 2.14. The highest BCUT2D eigenvalue weighted by Crippen LogP contribution is 2.04. The number of nitrogens with two attached hydrogens (primary N) is 1. The molecule has 0 bridgehead atoms. The molecule has 19 heavy (non-hydrogen) atoms. The molecule has 0 aliphatic rings. The van der Waals surface area contributed by atoms with Gasteiger partial charge in [-0.1, -0.05) is 60.7 Å². The van der Waals surface area contributed by atoms with Crippen molar-refractivity contribution in [2.75, 3.05) is 0 Å². The standard InChI is InChI=1S/C16H18N2O/c17-16(19)15(11-13-7-3-1-4-8-13)18-12-14-9-5-2-6-10-14/h1-10,15,18H,11-12H2,(H2,17,19). The summed E-state index contributed by atoms with van der Waals surface area (Å²) in [6.07, 6.45) is 0.614. The minimum atomic E-state index is -0.345. The normalized spacial score (nSPS) is 12.0. The van der Waals surface area contributed by atoms with E-state index in [1.165, 1.54) is 0 Å². The maximum absolute atomic E-state index is 11.5. The summed E-state index contributed by atoms with van der Waals surface area (Å²) >= 11 is 0. The van der Waals surface area contributed by atoms with E-state index in [4.69, 9.17) is 5.73 Å². The predicted molar refractivity (Wildman–Crippen MR) is 76.4 cm³/mol. The molecular formula is C16H18N2O. The van der Waals surface area contributed by atoms with Crippen molar-refractivity contribution in [2.45, 2.75) is 19.0 Å². The molecule has 0 spiro atoms. The lowest BCUT2D eigenvalue weighted by Crippen LogP contribution is -2.42. The van der Waals surface area contributed by atoms with Gasteiger partial charge in [0.25, 0.3) is 0 Å². The zero-order valence-electron chi connectivity index (χ0n) is 10.8. The highest BCUT2D eigenvalue weighted by molar-refractivity contribution is 5.80. The van der Waals surface area contributed by atoms with Gasteiger partial charge in [0.15, 0.2) is 0 Å². The van der Waals surface area contributed by atoms with Crippen LogP contribution in [0.3, 0.4) is 0 Å². The molecule has 2 aromatic rings. The van der Waals surface area contributed by atoms with Crippen molar-refractivity contribution in [3.05, 3.63) is 71.8 Å².